The van der Waals surface area contributed by atoms with Crippen LogP contribution in [0.1, 0.15) is 18.3 Å². The van der Waals surface area contributed by atoms with Crippen LogP contribution in [-0.4, -0.2) is 9.79 Å². The molecule has 4 rings (SSSR count). The molecule has 2 aromatic heterocycles. The summed E-state index contributed by atoms with van der Waals surface area (Å²) in [4.78, 5) is 18.7. The van der Waals surface area contributed by atoms with Gasteiger partial charge in [-0.1, -0.05) is 18.2 Å². The summed E-state index contributed by atoms with van der Waals surface area (Å²) in [5.41, 5.74) is 3.56. The summed E-state index contributed by atoms with van der Waals surface area (Å²) < 4.78 is 15.0. The number of aromatic nitrogens is 2. The number of pyridine rings is 2. The predicted octanol–water partition coefficient (Wildman–Crippen LogP) is -2.35. The zero-order chi connectivity index (χ0) is 21.3. The molecule has 2 N–H and O–H groups in total. The highest BCUT2D eigenvalue weighted by molar-refractivity contribution is 7.51. The largest absolute Gasteiger partial charge is 1.00 e. The van der Waals surface area contributed by atoms with Crippen molar-refractivity contribution in [2.24, 2.45) is 0 Å². The highest BCUT2D eigenvalue weighted by atomic mass is 35.5. The van der Waals surface area contributed by atoms with E-state index in [0.717, 1.165) is 27.6 Å². The fourth-order valence-electron chi connectivity index (χ4n) is 3.44. The zero-order valence-corrected chi connectivity index (χ0v) is 19.4. The molecule has 0 aliphatic carbocycles. The van der Waals surface area contributed by atoms with E-state index in [-0.39, 0.29) is 24.8 Å². The van der Waals surface area contributed by atoms with E-state index in [1.54, 1.807) is 12.4 Å². The monoisotopic (exact) mass is 487 g/mol. The van der Waals surface area contributed by atoms with Crippen LogP contribution in [-0.2, 0) is 4.57 Å². The van der Waals surface area contributed by atoms with E-state index in [0.29, 0.717) is 5.56 Å². The third-order valence-corrected chi connectivity index (χ3v) is 6.47. The van der Waals surface area contributed by atoms with Gasteiger partial charge >= 0.3 is 7.60 Å². The van der Waals surface area contributed by atoms with Crippen molar-refractivity contribution in [2.45, 2.75) is 12.7 Å². The molecule has 0 radical (unpaired) electrons. The van der Waals surface area contributed by atoms with Crippen LogP contribution < -0.4 is 33.9 Å². The first-order valence-electron chi connectivity index (χ1n) is 9.38. The highest BCUT2D eigenvalue weighted by Crippen LogP contribution is 2.45. The van der Waals surface area contributed by atoms with Gasteiger partial charge in [-0.2, -0.15) is 14.4 Å². The second-order valence-electron chi connectivity index (χ2n) is 7.04. The molecule has 2 heterocycles. The van der Waals surface area contributed by atoms with Crippen LogP contribution in [0.2, 0.25) is 0 Å². The summed E-state index contributed by atoms with van der Waals surface area (Å²) in [5, 5.41) is 11.3. The number of fused-ring (bicyclic) bond motifs is 1. The quantitative estimate of drug-likeness (QED) is 0.249. The molecule has 0 aliphatic heterocycles. The molecule has 0 saturated heterocycles. The van der Waals surface area contributed by atoms with Gasteiger partial charge < -0.3 is 34.6 Å². The number of hydrogen-bond acceptors (Lipinski definition) is 2. The summed E-state index contributed by atoms with van der Waals surface area (Å²) in [6.07, 6.45) is 7.27. The van der Waals surface area contributed by atoms with Crippen molar-refractivity contribution in [1.29, 1.82) is 5.26 Å². The minimum Gasteiger partial charge on any atom is -1.00 e. The molecule has 0 spiro atoms. The molecule has 0 bridgehead atoms. The van der Waals surface area contributed by atoms with Crippen LogP contribution in [0.15, 0.2) is 85.5 Å². The number of nitriles is 1. The standard InChI is InChI=1S/C23H18N3O3P.2ClH/c1-17(30(27,28)29)25-12-8-18(9-13-25)19-10-14-26(15-11-19)23-7-6-20(16-24)21-4-2-3-5-22(21)23;;/h2-15,17H,1H3;2*1H. The third kappa shape index (κ3) is 4.99. The van der Waals surface area contributed by atoms with Crippen LogP contribution >= 0.6 is 7.60 Å². The molecule has 0 fully saturated rings. The van der Waals surface area contributed by atoms with Gasteiger partial charge in [0.05, 0.1) is 17.0 Å². The molecule has 164 valence electrons. The lowest BCUT2D eigenvalue weighted by Gasteiger charge is -2.09. The van der Waals surface area contributed by atoms with E-state index < -0.39 is 13.4 Å². The van der Waals surface area contributed by atoms with E-state index in [2.05, 4.69) is 6.07 Å². The number of halogens is 2. The second kappa shape index (κ2) is 10.2. The lowest BCUT2D eigenvalue weighted by molar-refractivity contribution is -0.701. The maximum atomic E-state index is 11.4. The molecule has 0 aliphatic rings. The fourth-order valence-corrected chi connectivity index (χ4v) is 3.94. The number of rotatable bonds is 4. The molecule has 6 nitrogen and oxygen atoms in total. The van der Waals surface area contributed by atoms with Crippen molar-refractivity contribution in [1.82, 2.24) is 0 Å². The first-order valence-corrected chi connectivity index (χ1v) is 11.1. The minimum atomic E-state index is -4.19. The van der Waals surface area contributed by atoms with Crippen molar-refractivity contribution in [3.63, 3.8) is 0 Å². The lowest BCUT2D eigenvalue weighted by atomic mass is 10.0. The molecular weight excluding hydrogens is 468 g/mol. The molecule has 9 heteroatoms. The van der Waals surface area contributed by atoms with E-state index in [1.807, 2.05) is 77.6 Å². The molecule has 0 amide bonds. The lowest BCUT2D eigenvalue weighted by Crippen LogP contribution is -3.00. The Morgan fingerprint density at radius 1 is 0.844 bits per heavy atom. The van der Waals surface area contributed by atoms with Gasteiger partial charge in [0.15, 0.2) is 24.8 Å². The van der Waals surface area contributed by atoms with E-state index in [1.165, 1.54) is 11.5 Å². The Balaban J connectivity index is 0.00000181. The van der Waals surface area contributed by atoms with E-state index in [9.17, 15) is 19.6 Å². The van der Waals surface area contributed by atoms with Gasteiger partial charge in [-0.3, -0.25) is 4.57 Å². The van der Waals surface area contributed by atoms with Crippen LogP contribution in [0, 0.1) is 11.3 Å². The third-order valence-electron chi connectivity index (χ3n) is 5.23. The number of nitrogens with zero attached hydrogens (tertiary/aromatic N) is 3. The minimum absolute atomic E-state index is 0. The highest BCUT2D eigenvalue weighted by Gasteiger charge is 2.32. The van der Waals surface area contributed by atoms with E-state index in [4.69, 9.17) is 0 Å². The summed E-state index contributed by atoms with van der Waals surface area (Å²) >= 11 is 0. The molecule has 4 aromatic rings. The summed E-state index contributed by atoms with van der Waals surface area (Å²) in [5.74, 6) is -0.908. The van der Waals surface area contributed by atoms with Crippen LogP contribution in [0.5, 0.6) is 0 Å². The summed E-state index contributed by atoms with van der Waals surface area (Å²) in [6, 6.07) is 21.5. The van der Waals surface area contributed by atoms with Gasteiger partial charge in [0.2, 0.25) is 5.69 Å². The second-order valence-corrected chi connectivity index (χ2v) is 8.96. The van der Waals surface area contributed by atoms with E-state index >= 15 is 0 Å². The van der Waals surface area contributed by atoms with Gasteiger partial charge in [0.1, 0.15) is 0 Å². The smallest absolute Gasteiger partial charge is 0.392 e. The Bertz CT molecular complexity index is 1320. The van der Waals surface area contributed by atoms with Gasteiger partial charge in [0, 0.05) is 42.6 Å². The topological polar surface area (TPSA) is 89.1 Å². The fraction of sp³-hybridized carbons (Fsp3) is 0.0870. The molecule has 0 saturated carbocycles. The number of benzene rings is 2. The van der Waals surface area contributed by atoms with Gasteiger partial charge in [-0.25, -0.2) is 0 Å². The Hall–Kier alpha value is -2.78. The first kappa shape index (κ1) is 25.5. The zero-order valence-electron chi connectivity index (χ0n) is 17.0. The maximum absolute atomic E-state index is 11.4. The molecule has 1 unspecified atom stereocenters. The summed E-state index contributed by atoms with van der Waals surface area (Å²) in [6.45, 7) is 1.49. The van der Waals surface area contributed by atoms with Crippen molar-refractivity contribution < 1.29 is 48.3 Å². The number of hydrogen-bond donors (Lipinski definition) is 2. The van der Waals surface area contributed by atoms with Gasteiger partial charge in [-0.15, -0.1) is 0 Å². The predicted molar refractivity (Wildman–Crippen MR) is 113 cm³/mol. The average molecular weight is 488 g/mol. The van der Waals surface area contributed by atoms with Gasteiger partial charge in [-0.05, 0) is 23.3 Å². The van der Waals surface area contributed by atoms with Crippen LogP contribution in [0.3, 0.4) is 0 Å². The Labute approximate surface area is 198 Å². The van der Waals surface area contributed by atoms with Crippen molar-refractivity contribution in [3.8, 4) is 22.9 Å². The first-order chi connectivity index (χ1) is 14.4. The Morgan fingerprint density at radius 2 is 1.38 bits per heavy atom. The summed E-state index contributed by atoms with van der Waals surface area (Å²) in [7, 11) is -4.19. The van der Waals surface area contributed by atoms with Crippen LogP contribution in [0.4, 0.5) is 0 Å². The van der Waals surface area contributed by atoms with Gasteiger partial charge in [0.25, 0.3) is 5.78 Å². The average Bonchev–Trinajstić information content (AvgIpc) is 2.77. The normalized spacial score (nSPS) is 11.7. The van der Waals surface area contributed by atoms with Crippen molar-refractivity contribution >= 4 is 18.4 Å². The molecule has 32 heavy (non-hydrogen) atoms. The van der Waals surface area contributed by atoms with Crippen molar-refractivity contribution in [3.05, 3.63) is 91.0 Å². The molecule has 2 aromatic carbocycles. The molecular formula is C23H20Cl2N3O3P. The Morgan fingerprint density at radius 3 is 1.91 bits per heavy atom. The van der Waals surface area contributed by atoms with Crippen molar-refractivity contribution in [2.75, 3.05) is 0 Å². The maximum Gasteiger partial charge on any atom is 0.392 e. The SMILES string of the molecule is CC([n+]1ccc(-c2cc[n+](-c3ccc(C#N)c4ccccc34)cc2)cc1)P(=O)(O)O.[Cl-].[Cl-]. The Kier molecular flexibility index (Phi) is 8.14. The molecule has 1 atom stereocenters. The van der Waals surface area contributed by atoms with Crippen LogP contribution in [0.25, 0.3) is 27.6 Å².